The van der Waals surface area contributed by atoms with E-state index in [4.69, 9.17) is 5.21 Å². The Labute approximate surface area is 54.2 Å². The van der Waals surface area contributed by atoms with Crippen LogP contribution in [0, 0.1) is 5.92 Å². The van der Waals surface area contributed by atoms with Gasteiger partial charge in [-0.1, -0.05) is 6.92 Å². The molecule has 0 radical (unpaired) electrons. The second-order valence-corrected chi connectivity index (χ2v) is 2.50. The van der Waals surface area contributed by atoms with Gasteiger partial charge in [0.05, 0.1) is 0 Å². The zero-order valence-corrected chi connectivity index (χ0v) is 5.50. The summed E-state index contributed by atoms with van der Waals surface area (Å²) in [5.41, 5.74) is 0. The third-order valence-corrected chi connectivity index (χ3v) is 1.68. The summed E-state index contributed by atoms with van der Waals surface area (Å²) in [7, 11) is 0. The Kier molecular flexibility index (Phi) is 1.71. The molecular formula is C6H11NO2. The molecule has 1 aliphatic rings. The highest BCUT2D eigenvalue weighted by molar-refractivity contribution is 5.77. The molecule has 1 rings (SSSR count). The number of carbonyl (C=O) groups excluding carboxylic acids is 1. The third-order valence-electron chi connectivity index (χ3n) is 1.68. The van der Waals surface area contributed by atoms with Crippen molar-refractivity contribution >= 4 is 5.91 Å². The Morgan fingerprint density at radius 3 is 2.89 bits per heavy atom. The van der Waals surface area contributed by atoms with Gasteiger partial charge in [-0.25, -0.2) is 5.06 Å². The van der Waals surface area contributed by atoms with Crippen molar-refractivity contribution in [3.8, 4) is 0 Å². The van der Waals surface area contributed by atoms with Crippen molar-refractivity contribution in [1.82, 2.24) is 5.06 Å². The van der Waals surface area contributed by atoms with Gasteiger partial charge >= 0.3 is 0 Å². The van der Waals surface area contributed by atoms with Gasteiger partial charge in [-0.15, -0.1) is 0 Å². The molecule has 3 heteroatoms. The van der Waals surface area contributed by atoms with Crippen LogP contribution < -0.4 is 0 Å². The Morgan fingerprint density at radius 1 is 1.78 bits per heavy atom. The number of carbonyl (C=O) groups is 1. The molecule has 0 aromatic carbocycles. The van der Waals surface area contributed by atoms with E-state index in [1.807, 2.05) is 6.92 Å². The molecule has 1 heterocycles. The van der Waals surface area contributed by atoms with Crippen LogP contribution >= 0.6 is 0 Å². The Balaban J connectivity index is 2.52. The van der Waals surface area contributed by atoms with Gasteiger partial charge in [0.2, 0.25) is 5.91 Å². The van der Waals surface area contributed by atoms with E-state index in [1.165, 1.54) is 0 Å². The molecule has 52 valence electrons. The van der Waals surface area contributed by atoms with Gasteiger partial charge in [-0.3, -0.25) is 10.0 Å². The van der Waals surface area contributed by atoms with E-state index >= 15 is 0 Å². The van der Waals surface area contributed by atoms with Crippen molar-refractivity contribution in [2.75, 3.05) is 6.54 Å². The largest absolute Gasteiger partial charge is 0.286 e. The topological polar surface area (TPSA) is 40.5 Å². The van der Waals surface area contributed by atoms with Crippen molar-refractivity contribution in [1.29, 1.82) is 0 Å². The van der Waals surface area contributed by atoms with Crippen LogP contribution in [0.4, 0.5) is 0 Å². The highest BCUT2D eigenvalue weighted by atomic mass is 16.5. The normalized spacial score (nSPS) is 28.9. The highest BCUT2D eigenvalue weighted by Crippen LogP contribution is 2.14. The lowest BCUT2D eigenvalue weighted by Crippen LogP contribution is -2.37. The van der Waals surface area contributed by atoms with Crippen molar-refractivity contribution in [2.24, 2.45) is 5.92 Å². The van der Waals surface area contributed by atoms with Gasteiger partial charge in [0.25, 0.3) is 0 Å². The summed E-state index contributed by atoms with van der Waals surface area (Å²) < 4.78 is 0. The lowest BCUT2D eigenvalue weighted by atomic mass is 10.0. The van der Waals surface area contributed by atoms with Gasteiger partial charge in [0.15, 0.2) is 0 Å². The number of piperidine rings is 1. The zero-order chi connectivity index (χ0) is 6.85. The average Bonchev–Trinajstić information content (AvgIpc) is 1.83. The van der Waals surface area contributed by atoms with Gasteiger partial charge in [0, 0.05) is 12.5 Å². The Hall–Kier alpha value is -0.570. The number of hydrogen-bond donors (Lipinski definition) is 1. The fourth-order valence-corrected chi connectivity index (χ4v) is 1.04. The third kappa shape index (κ3) is 1.21. The number of hydrogen-bond acceptors (Lipinski definition) is 2. The lowest BCUT2D eigenvalue weighted by molar-refractivity contribution is -0.175. The molecule has 0 aromatic rings. The molecular weight excluding hydrogens is 118 g/mol. The fraction of sp³-hybridized carbons (Fsp3) is 0.833. The van der Waals surface area contributed by atoms with Crippen molar-refractivity contribution < 1.29 is 10.0 Å². The summed E-state index contributed by atoms with van der Waals surface area (Å²) in [5, 5.41) is 9.65. The van der Waals surface area contributed by atoms with E-state index in [2.05, 4.69) is 0 Å². The SMILES string of the molecule is C[C@H]1CCCN(O)C1=O. The summed E-state index contributed by atoms with van der Waals surface area (Å²) >= 11 is 0. The maximum absolute atomic E-state index is 10.8. The molecule has 0 saturated carbocycles. The molecule has 3 nitrogen and oxygen atoms in total. The van der Waals surface area contributed by atoms with E-state index in [-0.39, 0.29) is 11.8 Å². The molecule has 0 spiro atoms. The van der Waals surface area contributed by atoms with Crippen LogP contribution in [0.5, 0.6) is 0 Å². The molecule has 1 N–H and O–H groups in total. The molecule has 1 fully saturated rings. The summed E-state index contributed by atoms with van der Waals surface area (Å²) in [6.07, 6.45) is 1.83. The van der Waals surface area contributed by atoms with Crippen LogP contribution in [-0.4, -0.2) is 22.7 Å². The Morgan fingerprint density at radius 2 is 2.44 bits per heavy atom. The summed E-state index contributed by atoms with van der Waals surface area (Å²) in [6.45, 7) is 2.34. The molecule has 0 aromatic heterocycles. The van der Waals surface area contributed by atoms with E-state index in [9.17, 15) is 4.79 Å². The van der Waals surface area contributed by atoms with E-state index in [0.29, 0.717) is 6.54 Å². The maximum Gasteiger partial charge on any atom is 0.248 e. The highest BCUT2D eigenvalue weighted by Gasteiger charge is 2.23. The summed E-state index contributed by atoms with van der Waals surface area (Å²) in [6, 6.07) is 0. The molecule has 0 bridgehead atoms. The van der Waals surface area contributed by atoms with Crippen LogP contribution in [0.25, 0.3) is 0 Å². The minimum atomic E-state index is -0.138. The monoisotopic (exact) mass is 129 g/mol. The maximum atomic E-state index is 10.8. The van der Waals surface area contributed by atoms with Gasteiger partial charge in [-0.05, 0) is 12.8 Å². The molecule has 1 amide bonds. The van der Waals surface area contributed by atoms with Crippen LogP contribution in [0.15, 0.2) is 0 Å². The first-order valence-electron chi connectivity index (χ1n) is 3.22. The first-order chi connectivity index (χ1) is 4.22. The molecule has 1 aliphatic heterocycles. The Bertz CT molecular complexity index is 112. The number of amides is 1. The predicted octanol–water partition coefficient (Wildman–Crippen LogP) is 0.634. The molecule has 0 unspecified atom stereocenters. The lowest BCUT2D eigenvalue weighted by Gasteiger charge is -2.24. The van der Waals surface area contributed by atoms with Crippen molar-refractivity contribution in [2.45, 2.75) is 19.8 Å². The minimum absolute atomic E-state index is 0.0174. The summed E-state index contributed by atoms with van der Waals surface area (Å²) in [5.74, 6) is -0.120. The first kappa shape index (κ1) is 6.55. The van der Waals surface area contributed by atoms with Crippen LogP contribution in [0.2, 0.25) is 0 Å². The quantitative estimate of drug-likeness (QED) is 0.487. The number of nitrogens with zero attached hydrogens (tertiary/aromatic N) is 1. The fourth-order valence-electron chi connectivity index (χ4n) is 1.04. The second-order valence-electron chi connectivity index (χ2n) is 2.50. The van der Waals surface area contributed by atoms with Crippen LogP contribution in [0.3, 0.4) is 0 Å². The second kappa shape index (κ2) is 2.35. The van der Waals surface area contributed by atoms with E-state index < -0.39 is 0 Å². The molecule has 1 atom stereocenters. The van der Waals surface area contributed by atoms with Gasteiger partial charge in [0.1, 0.15) is 0 Å². The molecule has 1 saturated heterocycles. The minimum Gasteiger partial charge on any atom is -0.286 e. The molecule has 9 heavy (non-hydrogen) atoms. The smallest absolute Gasteiger partial charge is 0.248 e. The standard InChI is InChI=1S/C6H11NO2/c1-5-3-2-4-7(9)6(5)8/h5,9H,2-4H2,1H3/t5-/m0/s1. The average molecular weight is 129 g/mol. The predicted molar refractivity (Wildman–Crippen MR) is 31.9 cm³/mol. The summed E-state index contributed by atoms with van der Waals surface area (Å²) in [4.78, 5) is 10.8. The van der Waals surface area contributed by atoms with E-state index in [0.717, 1.165) is 17.9 Å². The van der Waals surface area contributed by atoms with Gasteiger partial charge in [-0.2, -0.15) is 0 Å². The van der Waals surface area contributed by atoms with Crippen LogP contribution in [0.1, 0.15) is 19.8 Å². The van der Waals surface area contributed by atoms with E-state index in [1.54, 1.807) is 0 Å². The zero-order valence-electron chi connectivity index (χ0n) is 5.50. The van der Waals surface area contributed by atoms with Crippen LogP contribution in [-0.2, 0) is 4.79 Å². The first-order valence-corrected chi connectivity index (χ1v) is 3.22. The van der Waals surface area contributed by atoms with Crippen molar-refractivity contribution in [3.63, 3.8) is 0 Å². The number of rotatable bonds is 0. The molecule has 0 aliphatic carbocycles. The van der Waals surface area contributed by atoms with Crippen molar-refractivity contribution in [3.05, 3.63) is 0 Å². The van der Waals surface area contributed by atoms with Gasteiger partial charge < -0.3 is 0 Å². The number of hydroxylamine groups is 2.